The van der Waals surface area contributed by atoms with Gasteiger partial charge in [-0.3, -0.25) is 4.99 Å². The van der Waals surface area contributed by atoms with Crippen molar-refractivity contribution in [2.45, 2.75) is 216 Å². The predicted octanol–water partition coefficient (Wildman–Crippen LogP) is 16.2. The van der Waals surface area contributed by atoms with Gasteiger partial charge in [-0.1, -0.05) is 23.8 Å². The highest BCUT2D eigenvalue weighted by atomic mass is 32.1. The van der Waals surface area contributed by atoms with Crippen LogP contribution in [0.2, 0.25) is 0 Å². The molecule has 16 saturated carbocycles. The summed E-state index contributed by atoms with van der Waals surface area (Å²) in [7, 11) is 0. The average Bonchev–Trinajstić information content (AvgIpc) is 2.19. The summed E-state index contributed by atoms with van der Waals surface area (Å²) in [6.07, 6.45) is 45.7. The summed E-state index contributed by atoms with van der Waals surface area (Å²) in [5, 5.41) is 27.5. The zero-order valence-corrected chi connectivity index (χ0v) is 53.3. The minimum absolute atomic E-state index is 0. The fourth-order valence-corrected chi connectivity index (χ4v) is 24.3. The van der Waals surface area contributed by atoms with Crippen LogP contribution in [0.3, 0.4) is 0 Å². The first-order chi connectivity index (χ1) is 43.1. The van der Waals surface area contributed by atoms with Gasteiger partial charge in [0.1, 0.15) is 23.3 Å². The molecule has 16 aliphatic carbocycles. The van der Waals surface area contributed by atoms with Crippen molar-refractivity contribution in [3.63, 3.8) is 0 Å². The number of aliphatic imine (C=N–C) groups is 1. The molecule has 0 saturated heterocycles. The van der Waals surface area contributed by atoms with Gasteiger partial charge >= 0.3 is 0 Å². The maximum absolute atomic E-state index is 6.02. The molecule has 474 valence electrons. The van der Waals surface area contributed by atoms with Crippen LogP contribution >= 0.6 is 22.7 Å². The van der Waals surface area contributed by atoms with Gasteiger partial charge in [-0.25, -0.2) is 0 Å². The molecule has 89 heavy (non-hydrogen) atoms. The fourth-order valence-electron chi connectivity index (χ4n) is 22.6. The minimum Gasteiger partial charge on any atom is -0.460 e. The molecule has 18 aliphatic rings. The van der Waals surface area contributed by atoms with Crippen LogP contribution in [0.1, 0.15) is 195 Å². The average molecular weight is 1240 g/mol. The number of nitrogens with zero attached hydrogens (tertiary/aromatic N) is 5. The van der Waals surface area contributed by atoms with Gasteiger partial charge in [-0.15, -0.1) is 22.7 Å². The molecule has 24 rings (SSSR count). The van der Waals surface area contributed by atoms with Crippen molar-refractivity contribution in [3.05, 3.63) is 118 Å². The molecule has 13 nitrogen and oxygen atoms in total. The first-order valence-corrected chi connectivity index (χ1v) is 36.4. The predicted molar refractivity (Wildman–Crippen MR) is 355 cm³/mol. The molecule has 0 amide bonds. The Morgan fingerprint density at radius 3 is 1.60 bits per heavy atom. The van der Waals surface area contributed by atoms with Crippen LogP contribution in [-0.2, 0) is 24.5 Å². The third-order valence-corrected chi connectivity index (χ3v) is 26.6. The maximum Gasteiger partial charge on any atom is 0.293 e. The number of nitrogens with one attached hydrogen (secondary N) is 4. The molecule has 2 aliphatic heterocycles. The van der Waals surface area contributed by atoms with Crippen molar-refractivity contribution < 1.29 is 18.2 Å². The van der Waals surface area contributed by atoms with E-state index < -0.39 is 0 Å². The molecule has 6 aromatic rings. The number of thiophene rings is 2. The lowest BCUT2D eigenvalue weighted by atomic mass is 9.53. The Kier molecular flexibility index (Phi) is 16.3. The van der Waals surface area contributed by atoms with E-state index in [0.29, 0.717) is 40.4 Å². The maximum atomic E-state index is 6.02. The molecule has 1 atom stereocenters. The van der Waals surface area contributed by atoms with Gasteiger partial charge in [0.25, 0.3) is 5.89 Å². The monoisotopic (exact) mass is 1240 g/mol. The molecule has 6 aromatic heterocycles. The molecule has 0 radical (unpaired) electrons. The number of hydrogen-bond donors (Lipinski definition) is 4. The quantitative estimate of drug-likeness (QED) is 0.0737. The van der Waals surface area contributed by atoms with E-state index in [-0.39, 0.29) is 13.5 Å². The van der Waals surface area contributed by atoms with Gasteiger partial charge < -0.3 is 44.0 Å². The largest absolute Gasteiger partial charge is 0.460 e. The number of rotatable bonds is 16. The third kappa shape index (κ3) is 12.7. The standard InChI is InChI=1S/C19H24N2O.C19H24N2S.C18H24N2OS.C17H21N3O2.CH4/c1-2-18(16-3-4-20-11-16)22-17(1)12-21-19-8-13-5-14(9-19)7-15(6-13)10-19;1-2-6-21(5-1)18-4-3-17(22-18)13-20-19-10-14-7-15(11-19)9-16(8-14)12-19;1-2-17(22-3-1)16-7-15(21-20-16)11-19-18-8-12-4-13(9-18)6-14(5-12)10-18;1-2-14(21-3-1)16-19-15(20-22-16)10-18-17-7-11-4-12(8-17)6-13(5-11)9-17;/h1-4,13-15,21H,5-12H2;1-6,14-16,20H,7-13H2;1-3,12-15,19H,4-11H2;1-3,11-13,18H,4-10H2;1H4. The molecule has 8 heterocycles. The van der Waals surface area contributed by atoms with E-state index in [1.807, 2.05) is 29.7 Å². The van der Waals surface area contributed by atoms with Crippen LogP contribution in [0.15, 0.2) is 114 Å². The van der Waals surface area contributed by atoms with Crippen LogP contribution in [-0.4, -0.2) is 68.0 Å². The summed E-state index contributed by atoms with van der Waals surface area (Å²) in [6, 6.07) is 20.8. The highest BCUT2D eigenvalue weighted by Crippen LogP contribution is 2.59. The minimum atomic E-state index is 0. The zero-order valence-electron chi connectivity index (χ0n) is 51.6. The second kappa shape index (κ2) is 24.5. The molecule has 0 aromatic carbocycles. The SMILES string of the molecule is C.C1=NCC(c2ccc(CNC34CC5CC(CC(C5)C3)C4)o2)=C1.c1ccn(-c2ccc(CNC34CC5CC(CC(C5)C3)C4)s2)c1.c1coc(-c2nc(CNC34CC5CC(CC(C5)C3)C4)no2)c1.c1csc(C2=NOC(CNC34CC5CC(CC(C5)C3)C4)C2)c1. The van der Waals surface area contributed by atoms with Crippen molar-refractivity contribution in [1.29, 1.82) is 0 Å². The van der Waals surface area contributed by atoms with Crippen molar-refractivity contribution in [2.75, 3.05) is 13.1 Å². The summed E-state index contributed by atoms with van der Waals surface area (Å²) < 4.78 is 18.8. The van der Waals surface area contributed by atoms with Crippen molar-refractivity contribution in [2.24, 2.45) is 81.2 Å². The summed E-state index contributed by atoms with van der Waals surface area (Å²) in [4.78, 5) is 17.1. The first kappa shape index (κ1) is 59.1. The molecule has 15 heteroatoms. The number of furan rings is 2. The smallest absolute Gasteiger partial charge is 0.293 e. The number of allylic oxidation sites excluding steroid dienone is 1. The molecular formula is C74H97N9O4S2. The van der Waals surface area contributed by atoms with E-state index >= 15 is 0 Å². The van der Waals surface area contributed by atoms with E-state index in [4.69, 9.17) is 18.2 Å². The molecule has 16 bridgehead atoms. The van der Waals surface area contributed by atoms with Crippen LogP contribution in [0.5, 0.6) is 0 Å². The molecule has 4 N–H and O–H groups in total. The van der Waals surface area contributed by atoms with Gasteiger partial charge in [0.15, 0.2) is 11.6 Å². The Balaban J connectivity index is 0.0000000950. The topological polar surface area (TPSA) is 152 Å². The number of aromatic nitrogens is 3. The van der Waals surface area contributed by atoms with E-state index in [9.17, 15) is 0 Å². The van der Waals surface area contributed by atoms with Crippen LogP contribution in [0.25, 0.3) is 22.2 Å². The second-order valence-corrected chi connectivity index (χ2v) is 33.5. The van der Waals surface area contributed by atoms with Crippen molar-refractivity contribution in [1.82, 2.24) is 36.0 Å². The lowest BCUT2D eigenvalue weighted by Gasteiger charge is -2.57. The van der Waals surface area contributed by atoms with Crippen molar-refractivity contribution in [3.8, 4) is 16.7 Å². The van der Waals surface area contributed by atoms with E-state index in [1.54, 1.807) is 17.6 Å². The number of hydrogen-bond acceptors (Lipinski definition) is 14. The summed E-state index contributed by atoms with van der Waals surface area (Å²) >= 11 is 3.68. The third-order valence-electron chi connectivity index (χ3n) is 24.6. The Labute approximate surface area is 535 Å². The second-order valence-electron chi connectivity index (χ2n) is 31.5. The Hall–Kier alpha value is -4.90. The molecule has 16 fully saturated rings. The highest BCUT2D eigenvalue weighted by molar-refractivity contribution is 7.14. The molecule has 0 spiro atoms. The molecular weight excluding hydrogens is 1140 g/mol. The van der Waals surface area contributed by atoms with Crippen molar-refractivity contribution >= 4 is 40.2 Å². The van der Waals surface area contributed by atoms with E-state index in [1.165, 1.54) is 174 Å². The Morgan fingerprint density at radius 2 is 1.09 bits per heavy atom. The van der Waals surface area contributed by atoms with Crippen LogP contribution < -0.4 is 21.3 Å². The van der Waals surface area contributed by atoms with Gasteiger partial charge in [-0.05, 0) is 291 Å². The highest BCUT2D eigenvalue weighted by Gasteiger charge is 2.54. The van der Waals surface area contributed by atoms with Gasteiger partial charge in [0.2, 0.25) is 0 Å². The lowest BCUT2D eigenvalue weighted by Crippen LogP contribution is -2.59. The van der Waals surface area contributed by atoms with Crippen LogP contribution in [0, 0.1) is 71.0 Å². The van der Waals surface area contributed by atoms with Gasteiger partial charge in [-0.2, -0.15) is 4.98 Å². The van der Waals surface area contributed by atoms with Gasteiger partial charge in [0, 0.05) is 70.7 Å². The first-order valence-electron chi connectivity index (χ1n) is 34.8. The fraction of sp³-hybridized carbons (Fsp3) is 0.649. The summed E-state index contributed by atoms with van der Waals surface area (Å²) in [5.41, 5.74) is 3.99. The van der Waals surface area contributed by atoms with Crippen LogP contribution in [0.4, 0.5) is 0 Å². The molecule has 1 unspecified atom stereocenters. The van der Waals surface area contributed by atoms with E-state index in [2.05, 4.69) is 119 Å². The Morgan fingerprint density at radius 1 is 0.551 bits per heavy atom. The summed E-state index contributed by atoms with van der Waals surface area (Å²) in [6.45, 7) is 4.34. The number of oxime groups is 1. The summed E-state index contributed by atoms with van der Waals surface area (Å²) in [5.74, 6) is 15.8. The van der Waals surface area contributed by atoms with E-state index in [0.717, 1.165) is 127 Å². The lowest BCUT2D eigenvalue weighted by molar-refractivity contribution is -0.0276. The zero-order chi connectivity index (χ0) is 58.3. The Bertz CT molecular complexity index is 3180. The van der Waals surface area contributed by atoms with Gasteiger partial charge in [0.05, 0.1) is 35.8 Å². The normalized spacial score (nSPS) is 37.9.